The lowest BCUT2D eigenvalue weighted by atomic mass is 10.4. The Morgan fingerprint density at radius 1 is 1.06 bits per heavy atom. The second-order valence-corrected chi connectivity index (χ2v) is 3.07. The minimum Gasteiger partial charge on any atom is -0.479 e. The molecule has 1 N–H and O–H groups in total. The molecule has 0 spiro atoms. The molecule has 0 saturated carbocycles. The number of hydrogen-bond acceptors (Lipinski definition) is 5. The highest BCUT2D eigenvalue weighted by molar-refractivity contribution is 5.71. The summed E-state index contributed by atoms with van der Waals surface area (Å²) in [7, 11) is 1.61. The van der Waals surface area contributed by atoms with Crippen LogP contribution in [0.2, 0.25) is 0 Å². The molecule has 0 radical (unpaired) electrons. The van der Waals surface area contributed by atoms with Crippen molar-refractivity contribution in [2.45, 2.75) is 13.0 Å². The van der Waals surface area contributed by atoms with Crippen LogP contribution in [-0.4, -0.2) is 63.9 Å². The lowest BCUT2D eigenvalue weighted by molar-refractivity contribution is -0.150. The van der Waals surface area contributed by atoms with Crippen LogP contribution in [-0.2, 0) is 23.7 Å². The topological polar surface area (TPSA) is 74.2 Å². The van der Waals surface area contributed by atoms with Crippen LogP contribution in [0.4, 0.5) is 0 Å². The minimum atomic E-state index is -0.970. The van der Waals surface area contributed by atoms with Gasteiger partial charge in [-0.25, -0.2) is 4.79 Å². The average Bonchev–Trinajstić information content (AvgIpc) is 2.26. The van der Waals surface area contributed by atoms with Crippen molar-refractivity contribution in [3.05, 3.63) is 0 Å². The smallest absolute Gasteiger partial charge is 0.332 e. The summed E-state index contributed by atoms with van der Waals surface area (Å²) in [6, 6.07) is 0. The Morgan fingerprint density at radius 3 is 2.06 bits per heavy atom. The molecule has 0 fully saturated rings. The quantitative estimate of drug-likeness (QED) is 0.515. The molecule has 0 saturated heterocycles. The third kappa shape index (κ3) is 9.85. The molecule has 0 heterocycles. The van der Waals surface area contributed by atoms with Gasteiger partial charge in [0, 0.05) is 7.11 Å². The molecule has 0 aromatic carbocycles. The van der Waals surface area contributed by atoms with Crippen molar-refractivity contribution in [1.29, 1.82) is 0 Å². The first-order chi connectivity index (χ1) is 7.68. The molecule has 6 nitrogen and oxygen atoms in total. The number of hydrogen-bond donors (Lipinski definition) is 1. The van der Waals surface area contributed by atoms with E-state index in [1.165, 1.54) is 6.92 Å². The van der Waals surface area contributed by atoms with Crippen LogP contribution in [0, 0.1) is 0 Å². The van der Waals surface area contributed by atoms with Crippen LogP contribution in [0.25, 0.3) is 0 Å². The highest BCUT2D eigenvalue weighted by Crippen LogP contribution is 1.90. The minimum absolute atomic E-state index is 0.269. The van der Waals surface area contributed by atoms with Gasteiger partial charge >= 0.3 is 5.97 Å². The molecule has 6 heteroatoms. The largest absolute Gasteiger partial charge is 0.479 e. The molecule has 0 amide bonds. The van der Waals surface area contributed by atoms with E-state index in [-0.39, 0.29) is 6.61 Å². The number of carboxylic acids is 1. The van der Waals surface area contributed by atoms with Gasteiger partial charge in [0.05, 0.1) is 39.6 Å². The zero-order chi connectivity index (χ0) is 12.2. The molecule has 0 aliphatic carbocycles. The predicted molar refractivity (Wildman–Crippen MR) is 56.6 cm³/mol. The average molecular weight is 236 g/mol. The standard InChI is InChI=1S/C10H20O6/c1-9(10(11)12)16-8-7-15-6-5-14-4-3-13-2/h9H,3-8H2,1-2H3,(H,11,12). The Hall–Kier alpha value is -0.690. The summed E-state index contributed by atoms with van der Waals surface area (Å²) in [5.41, 5.74) is 0. The van der Waals surface area contributed by atoms with E-state index in [1.807, 2.05) is 0 Å². The first-order valence-electron chi connectivity index (χ1n) is 5.17. The molecule has 1 atom stereocenters. The number of ether oxygens (including phenoxy) is 4. The fourth-order valence-electron chi connectivity index (χ4n) is 0.819. The molecule has 0 aromatic rings. The monoisotopic (exact) mass is 236 g/mol. The molecule has 0 aromatic heterocycles. The van der Waals surface area contributed by atoms with E-state index in [0.717, 1.165) is 0 Å². The zero-order valence-corrected chi connectivity index (χ0v) is 9.81. The molecule has 0 aliphatic heterocycles. The van der Waals surface area contributed by atoms with Gasteiger partial charge in [-0.2, -0.15) is 0 Å². The molecule has 0 rings (SSSR count). The molecular formula is C10H20O6. The fraction of sp³-hybridized carbons (Fsp3) is 0.900. The maximum atomic E-state index is 10.4. The van der Waals surface area contributed by atoms with E-state index in [9.17, 15) is 4.79 Å². The number of rotatable bonds is 11. The van der Waals surface area contributed by atoms with Gasteiger partial charge in [0.2, 0.25) is 0 Å². The Balaban J connectivity index is 3.07. The van der Waals surface area contributed by atoms with Gasteiger partial charge in [0.25, 0.3) is 0 Å². The number of aliphatic carboxylic acids is 1. The van der Waals surface area contributed by atoms with Gasteiger partial charge in [-0.05, 0) is 6.92 Å². The van der Waals surface area contributed by atoms with Crippen molar-refractivity contribution in [3.8, 4) is 0 Å². The van der Waals surface area contributed by atoms with Crippen molar-refractivity contribution >= 4 is 5.97 Å². The summed E-state index contributed by atoms with van der Waals surface area (Å²) in [5, 5.41) is 8.51. The lowest BCUT2D eigenvalue weighted by Gasteiger charge is -2.08. The molecule has 0 bridgehead atoms. The van der Waals surface area contributed by atoms with Gasteiger partial charge < -0.3 is 24.1 Å². The summed E-state index contributed by atoms with van der Waals surface area (Å²) < 4.78 is 20.1. The van der Waals surface area contributed by atoms with Crippen molar-refractivity contribution in [2.24, 2.45) is 0 Å². The summed E-state index contributed by atoms with van der Waals surface area (Å²) >= 11 is 0. The Labute approximate surface area is 95.4 Å². The van der Waals surface area contributed by atoms with Gasteiger partial charge in [0.1, 0.15) is 0 Å². The summed E-state index contributed by atoms with van der Waals surface area (Å²) in [5.74, 6) is -0.970. The maximum absolute atomic E-state index is 10.4. The fourth-order valence-corrected chi connectivity index (χ4v) is 0.819. The number of carbonyl (C=O) groups is 1. The van der Waals surface area contributed by atoms with Crippen LogP contribution in [0.5, 0.6) is 0 Å². The predicted octanol–water partition coefficient (Wildman–Crippen LogP) is 0.156. The van der Waals surface area contributed by atoms with Gasteiger partial charge in [-0.15, -0.1) is 0 Å². The van der Waals surface area contributed by atoms with Crippen molar-refractivity contribution in [1.82, 2.24) is 0 Å². The van der Waals surface area contributed by atoms with E-state index in [1.54, 1.807) is 7.11 Å². The van der Waals surface area contributed by atoms with E-state index in [2.05, 4.69) is 0 Å². The summed E-state index contributed by atoms with van der Waals surface area (Å²) in [4.78, 5) is 10.4. The van der Waals surface area contributed by atoms with Crippen LogP contribution >= 0.6 is 0 Å². The van der Waals surface area contributed by atoms with Crippen molar-refractivity contribution < 1.29 is 28.8 Å². The molecule has 1 unspecified atom stereocenters. The van der Waals surface area contributed by atoms with Crippen molar-refractivity contribution in [2.75, 3.05) is 46.8 Å². The third-order valence-electron chi connectivity index (χ3n) is 1.75. The Morgan fingerprint density at radius 2 is 1.56 bits per heavy atom. The van der Waals surface area contributed by atoms with Crippen LogP contribution in [0.1, 0.15) is 6.92 Å². The normalized spacial score (nSPS) is 12.6. The first-order valence-corrected chi connectivity index (χ1v) is 5.17. The number of carboxylic acid groups (broad SMARTS) is 1. The van der Waals surface area contributed by atoms with E-state index < -0.39 is 12.1 Å². The first kappa shape index (κ1) is 15.3. The van der Waals surface area contributed by atoms with Gasteiger partial charge in [-0.3, -0.25) is 0 Å². The Bertz CT molecular complexity index is 173. The molecule has 96 valence electrons. The SMILES string of the molecule is COCCOCCOCCOC(C)C(=O)O. The third-order valence-corrected chi connectivity index (χ3v) is 1.75. The molecular weight excluding hydrogens is 216 g/mol. The van der Waals surface area contributed by atoms with E-state index >= 15 is 0 Å². The molecule has 0 aliphatic rings. The summed E-state index contributed by atoms with van der Waals surface area (Å²) in [6.45, 7) is 4.20. The zero-order valence-electron chi connectivity index (χ0n) is 9.81. The Kier molecular flexibility index (Phi) is 10.3. The van der Waals surface area contributed by atoms with Gasteiger partial charge in [-0.1, -0.05) is 0 Å². The van der Waals surface area contributed by atoms with E-state index in [4.69, 9.17) is 24.1 Å². The molecule has 16 heavy (non-hydrogen) atoms. The summed E-state index contributed by atoms with van der Waals surface area (Å²) in [6.07, 6.45) is -0.790. The highest BCUT2D eigenvalue weighted by Gasteiger charge is 2.09. The lowest BCUT2D eigenvalue weighted by Crippen LogP contribution is -2.22. The second kappa shape index (κ2) is 10.8. The van der Waals surface area contributed by atoms with Crippen molar-refractivity contribution in [3.63, 3.8) is 0 Å². The van der Waals surface area contributed by atoms with Gasteiger partial charge in [0.15, 0.2) is 6.10 Å². The van der Waals surface area contributed by atoms with Crippen LogP contribution in [0.15, 0.2) is 0 Å². The van der Waals surface area contributed by atoms with E-state index in [0.29, 0.717) is 33.0 Å². The second-order valence-electron chi connectivity index (χ2n) is 3.07. The van der Waals surface area contributed by atoms with Crippen LogP contribution in [0.3, 0.4) is 0 Å². The maximum Gasteiger partial charge on any atom is 0.332 e. The van der Waals surface area contributed by atoms with Crippen LogP contribution < -0.4 is 0 Å². The highest BCUT2D eigenvalue weighted by atomic mass is 16.6. The number of methoxy groups -OCH3 is 1.